The quantitative estimate of drug-likeness (QED) is 0.396. The molecule has 0 aromatic heterocycles. The van der Waals surface area contributed by atoms with Gasteiger partial charge in [-0.25, -0.2) is 0 Å². The van der Waals surface area contributed by atoms with E-state index in [1.165, 1.54) is 5.57 Å². The van der Waals surface area contributed by atoms with Crippen LogP contribution in [-0.2, 0) is 16.0 Å². The lowest BCUT2D eigenvalue weighted by Gasteiger charge is -2.05. The van der Waals surface area contributed by atoms with Crippen LogP contribution in [0.25, 0.3) is 0 Å². The Bertz CT molecular complexity index is 458. The van der Waals surface area contributed by atoms with Gasteiger partial charge in [-0.3, -0.25) is 4.79 Å². The zero-order valence-corrected chi connectivity index (χ0v) is 12.5. The molecule has 0 bridgehead atoms. The molecular weight excluding hydrogens is 248 g/mol. The second-order valence-corrected chi connectivity index (χ2v) is 5.18. The zero-order valence-electron chi connectivity index (χ0n) is 12.5. The van der Waals surface area contributed by atoms with E-state index in [1.54, 1.807) is 0 Å². The van der Waals surface area contributed by atoms with Gasteiger partial charge in [0, 0.05) is 0 Å². The van der Waals surface area contributed by atoms with E-state index < -0.39 is 0 Å². The number of hydrogen-bond donors (Lipinski definition) is 0. The number of carbonyl (C=O) groups excluding carboxylic acids is 1. The first-order valence-corrected chi connectivity index (χ1v) is 7.10. The van der Waals surface area contributed by atoms with Crippen molar-refractivity contribution < 1.29 is 9.53 Å². The van der Waals surface area contributed by atoms with E-state index in [9.17, 15) is 4.79 Å². The third-order valence-electron chi connectivity index (χ3n) is 2.91. The Kier molecular flexibility index (Phi) is 7.41. The molecule has 0 N–H and O–H groups in total. The summed E-state index contributed by atoms with van der Waals surface area (Å²) in [6, 6.07) is 9.67. The van der Waals surface area contributed by atoms with E-state index >= 15 is 0 Å². The normalized spacial score (nSPS) is 11.2. The van der Waals surface area contributed by atoms with E-state index in [0.717, 1.165) is 30.4 Å². The van der Waals surface area contributed by atoms with Gasteiger partial charge in [0.2, 0.25) is 0 Å². The number of esters is 1. The molecule has 1 aromatic rings. The van der Waals surface area contributed by atoms with Crippen molar-refractivity contribution in [3.8, 4) is 0 Å². The molecular formula is C18H24O2. The zero-order chi connectivity index (χ0) is 14.8. The molecule has 20 heavy (non-hydrogen) atoms. The average Bonchev–Trinajstić information content (AvgIpc) is 2.38. The van der Waals surface area contributed by atoms with Crippen molar-refractivity contribution in [1.82, 2.24) is 0 Å². The second-order valence-electron chi connectivity index (χ2n) is 5.18. The smallest absolute Gasteiger partial charge is 0.310 e. The highest BCUT2D eigenvalue weighted by atomic mass is 16.5. The van der Waals surface area contributed by atoms with Crippen LogP contribution in [0.2, 0.25) is 0 Å². The topological polar surface area (TPSA) is 26.3 Å². The van der Waals surface area contributed by atoms with Crippen molar-refractivity contribution in [3.05, 3.63) is 59.7 Å². The van der Waals surface area contributed by atoms with Gasteiger partial charge in [0.25, 0.3) is 0 Å². The molecule has 0 aliphatic rings. The lowest BCUT2D eigenvalue weighted by Crippen LogP contribution is -2.09. The molecule has 0 saturated carbocycles. The molecule has 1 aromatic carbocycles. The van der Waals surface area contributed by atoms with Gasteiger partial charge in [-0.1, -0.05) is 54.1 Å². The van der Waals surface area contributed by atoms with Crippen LogP contribution in [0.3, 0.4) is 0 Å². The van der Waals surface area contributed by atoms with E-state index in [4.69, 9.17) is 4.74 Å². The van der Waals surface area contributed by atoms with E-state index in [0.29, 0.717) is 13.0 Å². The van der Waals surface area contributed by atoms with Crippen LogP contribution in [0.5, 0.6) is 0 Å². The van der Waals surface area contributed by atoms with Gasteiger partial charge in [-0.2, -0.15) is 0 Å². The molecule has 0 spiro atoms. The van der Waals surface area contributed by atoms with Gasteiger partial charge >= 0.3 is 5.97 Å². The SMILES string of the molecule is C=C(C)/C=C(\C)CCCCOC(=O)Cc1ccccc1. The first kappa shape index (κ1) is 16.2. The summed E-state index contributed by atoms with van der Waals surface area (Å²) in [7, 11) is 0. The first-order chi connectivity index (χ1) is 9.58. The Balaban J connectivity index is 2.12. The van der Waals surface area contributed by atoms with Gasteiger partial charge < -0.3 is 4.74 Å². The fraction of sp³-hybridized carbons (Fsp3) is 0.389. The maximum Gasteiger partial charge on any atom is 0.310 e. The van der Waals surface area contributed by atoms with Crippen LogP contribution in [0.1, 0.15) is 38.7 Å². The van der Waals surface area contributed by atoms with Crippen molar-refractivity contribution in [2.75, 3.05) is 6.61 Å². The van der Waals surface area contributed by atoms with Crippen molar-refractivity contribution in [2.45, 2.75) is 39.5 Å². The molecule has 108 valence electrons. The maximum atomic E-state index is 11.6. The van der Waals surface area contributed by atoms with E-state index in [-0.39, 0.29) is 5.97 Å². The van der Waals surface area contributed by atoms with Crippen LogP contribution in [0.15, 0.2) is 54.1 Å². The number of allylic oxidation sites excluding steroid dienone is 3. The molecule has 0 aliphatic heterocycles. The van der Waals surface area contributed by atoms with Gasteiger partial charge in [-0.05, 0) is 38.7 Å². The molecule has 1 rings (SSSR count). The van der Waals surface area contributed by atoms with Gasteiger partial charge in [0.1, 0.15) is 0 Å². The minimum Gasteiger partial charge on any atom is -0.465 e. The fourth-order valence-corrected chi connectivity index (χ4v) is 2.00. The summed E-state index contributed by atoms with van der Waals surface area (Å²) in [5.74, 6) is -0.148. The van der Waals surface area contributed by atoms with Crippen LogP contribution >= 0.6 is 0 Å². The molecule has 0 heterocycles. The van der Waals surface area contributed by atoms with Gasteiger partial charge in [0.05, 0.1) is 13.0 Å². The highest BCUT2D eigenvalue weighted by molar-refractivity contribution is 5.72. The fourth-order valence-electron chi connectivity index (χ4n) is 2.00. The van der Waals surface area contributed by atoms with Crippen LogP contribution < -0.4 is 0 Å². The van der Waals surface area contributed by atoms with Crippen molar-refractivity contribution in [2.24, 2.45) is 0 Å². The van der Waals surface area contributed by atoms with Gasteiger partial charge in [0.15, 0.2) is 0 Å². The standard InChI is InChI=1S/C18H24O2/c1-15(2)13-16(3)9-7-8-12-20-18(19)14-17-10-5-4-6-11-17/h4-6,10-11,13H,1,7-9,12,14H2,2-3H3/b16-13+. The summed E-state index contributed by atoms with van der Waals surface area (Å²) < 4.78 is 5.23. The third kappa shape index (κ3) is 7.57. The highest BCUT2D eigenvalue weighted by Gasteiger charge is 2.03. The first-order valence-electron chi connectivity index (χ1n) is 7.10. The largest absolute Gasteiger partial charge is 0.465 e. The van der Waals surface area contributed by atoms with Crippen molar-refractivity contribution in [1.29, 1.82) is 0 Å². The van der Waals surface area contributed by atoms with E-state index in [1.807, 2.05) is 37.3 Å². The molecule has 0 radical (unpaired) electrons. The Morgan fingerprint density at radius 1 is 1.20 bits per heavy atom. The summed E-state index contributed by atoms with van der Waals surface area (Å²) in [6.45, 7) is 8.46. The van der Waals surface area contributed by atoms with Crippen LogP contribution in [0.4, 0.5) is 0 Å². The van der Waals surface area contributed by atoms with Crippen LogP contribution in [0, 0.1) is 0 Å². The average molecular weight is 272 g/mol. The Morgan fingerprint density at radius 2 is 1.90 bits per heavy atom. The summed E-state index contributed by atoms with van der Waals surface area (Å²) in [5, 5.41) is 0. The molecule has 2 heteroatoms. The van der Waals surface area contributed by atoms with E-state index in [2.05, 4.69) is 19.6 Å². The number of benzene rings is 1. The Labute approximate surface area is 122 Å². The van der Waals surface area contributed by atoms with Crippen molar-refractivity contribution in [3.63, 3.8) is 0 Å². The molecule has 0 amide bonds. The lowest BCUT2D eigenvalue weighted by molar-refractivity contribution is -0.142. The lowest BCUT2D eigenvalue weighted by atomic mass is 10.1. The number of carbonyl (C=O) groups is 1. The number of rotatable bonds is 8. The number of hydrogen-bond acceptors (Lipinski definition) is 2. The molecule has 0 saturated heterocycles. The molecule has 2 nitrogen and oxygen atoms in total. The molecule has 0 aliphatic carbocycles. The Morgan fingerprint density at radius 3 is 2.55 bits per heavy atom. The predicted molar refractivity (Wildman–Crippen MR) is 83.5 cm³/mol. The summed E-state index contributed by atoms with van der Waals surface area (Å²) in [6.07, 6.45) is 5.43. The number of ether oxygens (including phenoxy) is 1. The van der Waals surface area contributed by atoms with Gasteiger partial charge in [-0.15, -0.1) is 0 Å². The monoisotopic (exact) mass is 272 g/mol. The third-order valence-corrected chi connectivity index (χ3v) is 2.91. The molecule has 0 fully saturated rings. The van der Waals surface area contributed by atoms with Crippen LogP contribution in [-0.4, -0.2) is 12.6 Å². The second kappa shape index (κ2) is 9.13. The minimum atomic E-state index is -0.148. The predicted octanol–water partition coefficient (Wildman–Crippen LogP) is 4.47. The maximum absolute atomic E-state index is 11.6. The minimum absolute atomic E-state index is 0.148. The summed E-state index contributed by atoms with van der Waals surface area (Å²) >= 11 is 0. The van der Waals surface area contributed by atoms with Crippen molar-refractivity contribution >= 4 is 5.97 Å². The molecule has 0 unspecified atom stereocenters. The summed E-state index contributed by atoms with van der Waals surface area (Å²) in [4.78, 5) is 11.6. The molecule has 0 atom stereocenters. The Hall–Kier alpha value is -1.83. The summed E-state index contributed by atoms with van der Waals surface area (Å²) in [5.41, 5.74) is 3.41. The highest BCUT2D eigenvalue weighted by Crippen LogP contribution is 2.09. The number of unbranched alkanes of at least 4 members (excludes halogenated alkanes) is 1.